The molecule has 0 saturated heterocycles. The minimum Gasteiger partial charge on any atom is -0.488 e. The Balaban J connectivity index is 2.08. The Bertz CT molecular complexity index is 488. The van der Waals surface area contributed by atoms with Crippen LogP contribution in [0.25, 0.3) is 0 Å². The Morgan fingerprint density at radius 2 is 2.19 bits per heavy atom. The van der Waals surface area contributed by atoms with E-state index in [0.29, 0.717) is 23.5 Å². The van der Waals surface area contributed by atoms with E-state index in [4.69, 9.17) is 10.5 Å². The van der Waals surface area contributed by atoms with Gasteiger partial charge in [-0.1, -0.05) is 19.8 Å². The van der Waals surface area contributed by atoms with Crippen molar-refractivity contribution in [1.29, 1.82) is 0 Å². The largest absolute Gasteiger partial charge is 0.488 e. The highest BCUT2D eigenvalue weighted by Crippen LogP contribution is 2.32. The molecule has 4 heteroatoms. The summed E-state index contributed by atoms with van der Waals surface area (Å²) in [5, 5.41) is 2.79. The van der Waals surface area contributed by atoms with Crippen LogP contribution in [0, 0.1) is 5.92 Å². The summed E-state index contributed by atoms with van der Waals surface area (Å²) in [6.45, 7) is 4.75. The topological polar surface area (TPSA) is 64.4 Å². The lowest BCUT2D eigenvalue weighted by atomic mass is 9.85. The number of carbonyl (C=O) groups is 1. The van der Waals surface area contributed by atoms with E-state index in [1.54, 1.807) is 18.2 Å². The lowest BCUT2D eigenvalue weighted by Crippen LogP contribution is -2.26. The van der Waals surface area contributed by atoms with Gasteiger partial charge >= 0.3 is 0 Å². The maximum atomic E-state index is 11.9. The summed E-state index contributed by atoms with van der Waals surface area (Å²) in [6, 6.07) is 5.25. The fourth-order valence-electron chi connectivity index (χ4n) is 2.94. The third kappa shape index (κ3) is 4.13. The van der Waals surface area contributed by atoms with Gasteiger partial charge in [0.15, 0.2) is 0 Å². The Morgan fingerprint density at radius 1 is 1.38 bits per heavy atom. The number of nitrogens with one attached hydrogen (secondary N) is 1. The van der Waals surface area contributed by atoms with E-state index >= 15 is 0 Å². The smallest absolute Gasteiger partial charge is 0.251 e. The van der Waals surface area contributed by atoms with Gasteiger partial charge < -0.3 is 15.8 Å². The molecule has 0 aliphatic heterocycles. The first-order valence-corrected chi connectivity index (χ1v) is 7.98. The van der Waals surface area contributed by atoms with Crippen LogP contribution in [-0.2, 0) is 0 Å². The van der Waals surface area contributed by atoms with Gasteiger partial charge in [0.1, 0.15) is 5.75 Å². The molecule has 0 spiro atoms. The summed E-state index contributed by atoms with van der Waals surface area (Å²) >= 11 is 0. The fraction of sp³-hybridized carbons (Fsp3) is 0.588. The molecule has 3 N–H and O–H groups in total. The molecule has 0 bridgehead atoms. The van der Waals surface area contributed by atoms with Crippen LogP contribution in [0.1, 0.15) is 56.3 Å². The van der Waals surface area contributed by atoms with Crippen molar-refractivity contribution in [3.05, 3.63) is 23.8 Å². The number of ether oxygens (including phenoxy) is 1. The average Bonchev–Trinajstić information content (AvgIpc) is 2.50. The fourth-order valence-corrected chi connectivity index (χ4v) is 2.94. The van der Waals surface area contributed by atoms with Gasteiger partial charge in [0, 0.05) is 12.1 Å². The number of anilines is 1. The first-order chi connectivity index (χ1) is 10.1. The van der Waals surface area contributed by atoms with Crippen molar-refractivity contribution in [3.63, 3.8) is 0 Å². The summed E-state index contributed by atoms with van der Waals surface area (Å²) in [7, 11) is 0. The van der Waals surface area contributed by atoms with Crippen LogP contribution < -0.4 is 15.8 Å². The van der Waals surface area contributed by atoms with Crippen LogP contribution in [0.4, 0.5) is 5.69 Å². The summed E-state index contributed by atoms with van der Waals surface area (Å²) < 4.78 is 6.08. The Morgan fingerprint density at radius 3 is 2.90 bits per heavy atom. The second-order valence-electron chi connectivity index (χ2n) is 5.79. The van der Waals surface area contributed by atoms with Crippen LogP contribution >= 0.6 is 0 Å². The first-order valence-electron chi connectivity index (χ1n) is 7.98. The second kappa shape index (κ2) is 7.34. The maximum absolute atomic E-state index is 11.9. The molecule has 0 heterocycles. The number of rotatable bonds is 5. The van der Waals surface area contributed by atoms with Crippen molar-refractivity contribution >= 4 is 11.6 Å². The minimum atomic E-state index is -0.0857. The SMILES string of the molecule is CCNC(=O)c1ccc(N)c(OC2CCCC(CC)C2)c1. The maximum Gasteiger partial charge on any atom is 0.251 e. The summed E-state index contributed by atoms with van der Waals surface area (Å²) in [5.74, 6) is 1.30. The standard InChI is InChI=1S/C17H26N2O2/c1-3-12-6-5-7-14(10-12)21-16-11-13(8-9-15(16)18)17(20)19-4-2/h8-9,11-12,14H,3-7,10,18H2,1-2H3,(H,19,20). The van der Waals surface area contributed by atoms with Crippen molar-refractivity contribution < 1.29 is 9.53 Å². The Hall–Kier alpha value is -1.71. The molecule has 0 aromatic heterocycles. The van der Waals surface area contributed by atoms with E-state index in [2.05, 4.69) is 12.2 Å². The zero-order valence-corrected chi connectivity index (χ0v) is 13.0. The second-order valence-corrected chi connectivity index (χ2v) is 5.79. The van der Waals surface area contributed by atoms with Crippen molar-refractivity contribution in [2.24, 2.45) is 5.92 Å². The predicted octanol–water partition coefficient (Wildman–Crippen LogP) is 3.37. The van der Waals surface area contributed by atoms with Gasteiger partial charge in [-0.15, -0.1) is 0 Å². The summed E-state index contributed by atoms with van der Waals surface area (Å²) in [6.07, 6.45) is 6.08. The summed E-state index contributed by atoms with van der Waals surface area (Å²) in [5.41, 5.74) is 7.19. The molecule has 2 unspecified atom stereocenters. The number of carbonyl (C=O) groups excluding carboxylic acids is 1. The molecule has 2 rings (SSSR count). The zero-order valence-electron chi connectivity index (χ0n) is 13.0. The molecule has 1 fully saturated rings. The minimum absolute atomic E-state index is 0.0857. The van der Waals surface area contributed by atoms with Crippen molar-refractivity contribution in [2.75, 3.05) is 12.3 Å². The number of hydrogen-bond donors (Lipinski definition) is 2. The molecular weight excluding hydrogens is 264 g/mol. The van der Waals surface area contributed by atoms with Gasteiger partial charge in [0.25, 0.3) is 5.91 Å². The van der Waals surface area contributed by atoms with E-state index < -0.39 is 0 Å². The highest BCUT2D eigenvalue weighted by Gasteiger charge is 2.23. The van der Waals surface area contributed by atoms with Crippen LogP contribution in [0.15, 0.2) is 18.2 Å². The molecule has 1 amide bonds. The molecular formula is C17H26N2O2. The number of nitrogens with two attached hydrogens (primary N) is 1. The van der Waals surface area contributed by atoms with Gasteiger partial charge in [-0.05, 0) is 50.3 Å². The Kier molecular flexibility index (Phi) is 5.48. The van der Waals surface area contributed by atoms with Crippen molar-refractivity contribution in [1.82, 2.24) is 5.32 Å². The third-order valence-corrected chi connectivity index (χ3v) is 4.22. The van der Waals surface area contributed by atoms with E-state index in [1.165, 1.54) is 19.3 Å². The van der Waals surface area contributed by atoms with Gasteiger partial charge in [-0.2, -0.15) is 0 Å². The highest BCUT2D eigenvalue weighted by atomic mass is 16.5. The number of amides is 1. The quantitative estimate of drug-likeness (QED) is 0.817. The molecule has 1 aliphatic rings. The molecule has 1 aromatic carbocycles. The molecule has 1 aromatic rings. The lowest BCUT2D eigenvalue weighted by Gasteiger charge is -2.29. The molecule has 21 heavy (non-hydrogen) atoms. The highest BCUT2D eigenvalue weighted by molar-refractivity contribution is 5.95. The molecule has 4 nitrogen and oxygen atoms in total. The van der Waals surface area contributed by atoms with Gasteiger partial charge in [-0.25, -0.2) is 0 Å². The van der Waals surface area contributed by atoms with E-state index in [1.807, 2.05) is 6.92 Å². The third-order valence-electron chi connectivity index (χ3n) is 4.22. The number of hydrogen-bond acceptors (Lipinski definition) is 3. The predicted molar refractivity (Wildman–Crippen MR) is 85.5 cm³/mol. The van der Waals surface area contributed by atoms with Crippen LogP contribution in [0.2, 0.25) is 0 Å². The number of nitrogen functional groups attached to an aromatic ring is 1. The van der Waals surface area contributed by atoms with E-state index in [0.717, 1.165) is 18.8 Å². The molecule has 0 radical (unpaired) electrons. The van der Waals surface area contributed by atoms with Gasteiger partial charge in [0.05, 0.1) is 11.8 Å². The monoisotopic (exact) mass is 290 g/mol. The molecule has 1 aliphatic carbocycles. The zero-order chi connectivity index (χ0) is 15.2. The van der Waals surface area contributed by atoms with E-state index in [-0.39, 0.29) is 12.0 Å². The lowest BCUT2D eigenvalue weighted by molar-refractivity contribution is 0.0953. The summed E-state index contributed by atoms with van der Waals surface area (Å²) in [4.78, 5) is 11.9. The van der Waals surface area contributed by atoms with Gasteiger partial charge in [0.2, 0.25) is 0 Å². The van der Waals surface area contributed by atoms with Crippen molar-refractivity contribution in [3.8, 4) is 5.75 Å². The average molecular weight is 290 g/mol. The van der Waals surface area contributed by atoms with Crippen molar-refractivity contribution in [2.45, 2.75) is 52.1 Å². The number of benzene rings is 1. The van der Waals surface area contributed by atoms with Crippen LogP contribution in [0.3, 0.4) is 0 Å². The molecule has 2 atom stereocenters. The normalized spacial score (nSPS) is 21.8. The van der Waals surface area contributed by atoms with E-state index in [9.17, 15) is 4.79 Å². The Labute approximate surface area is 127 Å². The van der Waals surface area contributed by atoms with Crippen LogP contribution in [-0.4, -0.2) is 18.6 Å². The van der Waals surface area contributed by atoms with Gasteiger partial charge in [-0.3, -0.25) is 4.79 Å². The molecule has 1 saturated carbocycles. The first kappa shape index (κ1) is 15.7. The van der Waals surface area contributed by atoms with Crippen LogP contribution in [0.5, 0.6) is 5.75 Å². The molecule has 116 valence electrons.